The van der Waals surface area contributed by atoms with Gasteiger partial charge in [-0.25, -0.2) is 0 Å². The van der Waals surface area contributed by atoms with E-state index in [0.29, 0.717) is 10.6 Å². The van der Waals surface area contributed by atoms with Gasteiger partial charge in [-0.3, -0.25) is 4.79 Å². The van der Waals surface area contributed by atoms with Gasteiger partial charge in [0.15, 0.2) is 0 Å². The predicted molar refractivity (Wildman–Crippen MR) is 68.3 cm³/mol. The average molecular weight is 319 g/mol. The Hall–Kier alpha value is -1.36. The molecule has 1 nitrogen and oxygen atoms in total. The Morgan fingerprint density at radius 3 is 2.44 bits per heavy atom. The van der Waals surface area contributed by atoms with Crippen molar-refractivity contribution in [2.45, 2.75) is 13.1 Å². The van der Waals surface area contributed by atoms with Gasteiger partial charge in [-0.2, -0.15) is 13.2 Å². The second kappa shape index (κ2) is 6.00. The summed E-state index contributed by atoms with van der Waals surface area (Å²) in [5, 5.41) is 0. The van der Waals surface area contributed by atoms with Crippen LogP contribution >= 0.6 is 15.9 Å². The van der Waals surface area contributed by atoms with E-state index in [2.05, 4.69) is 15.9 Å². The molecule has 0 fully saturated rings. The molecule has 0 radical (unpaired) electrons. The molecule has 1 aromatic rings. The van der Waals surface area contributed by atoms with Gasteiger partial charge in [-0.1, -0.05) is 46.3 Å². The molecule has 1 rings (SSSR count). The SMILES string of the molecule is Cc1ccccc1/C(Br)=C\C=C\C(=O)C(F)(F)F. The fourth-order valence-corrected chi connectivity index (χ4v) is 1.84. The van der Waals surface area contributed by atoms with Crippen molar-refractivity contribution in [1.29, 1.82) is 0 Å². The van der Waals surface area contributed by atoms with E-state index in [1.54, 1.807) is 0 Å². The minimum absolute atomic E-state index is 0.500. The number of carbonyl (C=O) groups is 1. The largest absolute Gasteiger partial charge is 0.454 e. The molecule has 0 aromatic heterocycles. The Balaban J connectivity index is 2.84. The highest BCUT2D eigenvalue weighted by Gasteiger charge is 2.35. The van der Waals surface area contributed by atoms with E-state index in [1.165, 1.54) is 6.08 Å². The van der Waals surface area contributed by atoms with Gasteiger partial charge < -0.3 is 0 Å². The molecule has 0 bridgehead atoms. The van der Waals surface area contributed by atoms with Crippen LogP contribution in [0.2, 0.25) is 0 Å². The Labute approximate surface area is 111 Å². The fraction of sp³-hybridized carbons (Fsp3) is 0.154. The number of halogens is 4. The molecule has 18 heavy (non-hydrogen) atoms. The fourth-order valence-electron chi connectivity index (χ4n) is 1.25. The highest BCUT2D eigenvalue weighted by atomic mass is 79.9. The Kier molecular flexibility index (Phi) is 4.90. The van der Waals surface area contributed by atoms with E-state index in [-0.39, 0.29) is 0 Å². The third-order valence-corrected chi connectivity index (χ3v) is 2.86. The number of benzene rings is 1. The van der Waals surface area contributed by atoms with Crippen molar-refractivity contribution in [3.8, 4) is 0 Å². The van der Waals surface area contributed by atoms with Crippen LogP contribution in [0.1, 0.15) is 11.1 Å². The van der Waals surface area contributed by atoms with Crippen LogP contribution in [-0.2, 0) is 4.79 Å². The summed E-state index contributed by atoms with van der Waals surface area (Å²) in [4.78, 5) is 10.6. The first-order valence-electron chi connectivity index (χ1n) is 5.03. The first-order valence-corrected chi connectivity index (χ1v) is 5.82. The molecule has 0 atom stereocenters. The van der Waals surface area contributed by atoms with E-state index < -0.39 is 12.0 Å². The first-order chi connectivity index (χ1) is 8.32. The van der Waals surface area contributed by atoms with Crippen molar-refractivity contribution in [3.05, 3.63) is 53.6 Å². The van der Waals surface area contributed by atoms with Gasteiger partial charge in [0.1, 0.15) is 0 Å². The van der Waals surface area contributed by atoms with E-state index >= 15 is 0 Å². The van der Waals surface area contributed by atoms with E-state index in [0.717, 1.165) is 17.2 Å². The summed E-state index contributed by atoms with van der Waals surface area (Å²) in [6.07, 6.45) is -1.84. The number of aryl methyl sites for hydroxylation is 1. The number of ketones is 1. The lowest BCUT2D eigenvalue weighted by molar-refractivity contribution is -0.165. The number of allylic oxidation sites excluding steroid dienone is 3. The molecular formula is C13H10BrF3O. The monoisotopic (exact) mass is 318 g/mol. The highest BCUT2D eigenvalue weighted by Crippen LogP contribution is 2.24. The normalized spacial score (nSPS) is 13.1. The molecule has 0 spiro atoms. The molecule has 0 aliphatic heterocycles. The maximum absolute atomic E-state index is 11.9. The zero-order valence-corrected chi connectivity index (χ0v) is 11.0. The molecule has 0 heterocycles. The molecule has 5 heteroatoms. The summed E-state index contributed by atoms with van der Waals surface area (Å²) >= 11 is 3.25. The van der Waals surface area contributed by atoms with Crippen LogP contribution in [0.15, 0.2) is 42.5 Å². The Morgan fingerprint density at radius 1 is 1.28 bits per heavy atom. The molecule has 1 aromatic carbocycles. The smallest absolute Gasteiger partial charge is 0.285 e. The van der Waals surface area contributed by atoms with Gasteiger partial charge in [0.05, 0.1) is 0 Å². The summed E-state index contributed by atoms with van der Waals surface area (Å²) < 4.78 is 36.4. The van der Waals surface area contributed by atoms with Crippen molar-refractivity contribution in [2.24, 2.45) is 0 Å². The maximum Gasteiger partial charge on any atom is 0.454 e. The summed E-state index contributed by atoms with van der Waals surface area (Å²) in [5.41, 5.74) is 1.85. The lowest BCUT2D eigenvalue weighted by Gasteiger charge is -2.02. The zero-order valence-electron chi connectivity index (χ0n) is 9.46. The van der Waals surface area contributed by atoms with Crippen LogP contribution in [0.4, 0.5) is 13.2 Å². The third-order valence-electron chi connectivity index (χ3n) is 2.17. The van der Waals surface area contributed by atoms with Crippen molar-refractivity contribution in [2.75, 3.05) is 0 Å². The summed E-state index contributed by atoms with van der Waals surface area (Å²) in [7, 11) is 0. The van der Waals surface area contributed by atoms with Crippen molar-refractivity contribution in [1.82, 2.24) is 0 Å². The van der Waals surface area contributed by atoms with Gasteiger partial charge in [0.25, 0.3) is 5.78 Å². The van der Waals surface area contributed by atoms with Gasteiger partial charge in [-0.05, 0) is 30.2 Å². The minimum Gasteiger partial charge on any atom is -0.285 e. The standard InChI is InChI=1S/C13H10BrF3O/c1-9-5-2-3-6-10(9)11(14)7-4-8-12(18)13(15,16)17/h2-8H,1H3/b8-4+,11-7+. The van der Waals surface area contributed by atoms with Gasteiger partial charge >= 0.3 is 6.18 Å². The molecule has 0 aliphatic carbocycles. The maximum atomic E-state index is 11.9. The van der Waals surface area contributed by atoms with Crippen LogP contribution in [0.5, 0.6) is 0 Å². The molecule has 0 amide bonds. The van der Waals surface area contributed by atoms with E-state index in [1.807, 2.05) is 31.2 Å². The second-order valence-corrected chi connectivity index (χ2v) is 4.40. The van der Waals surface area contributed by atoms with Crippen LogP contribution in [0, 0.1) is 6.92 Å². The number of rotatable bonds is 3. The Bertz CT molecular complexity index is 501. The van der Waals surface area contributed by atoms with Crippen molar-refractivity contribution >= 4 is 26.2 Å². The summed E-state index contributed by atoms with van der Waals surface area (Å²) in [5.74, 6) is -1.87. The molecule has 96 valence electrons. The Morgan fingerprint density at radius 2 is 1.89 bits per heavy atom. The lowest BCUT2D eigenvalue weighted by Crippen LogP contribution is -2.19. The number of carbonyl (C=O) groups excluding carboxylic acids is 1. The molecular weight excluding hydrogens is 309 g/mol. The second-order valence-electron chi connectivity index (χ2n) is 3.55. The van der Waals surface area contributed by atoms with E-state index in [9.17, 15) is 18.0 Å². The zero-order chi connectivity index (χ0) is 13.8. The van der Waals surface area contributed by atoms with Crippen LogP contribution < -0.4 is 0 Å². The van der Waals surface area contributed by atoms with Gasteiger partial charge in [0, 0.05) is 4.48 Å². The topological polar surface area (TPSA) is 17.1 Å². The van der Waals surface area contributed by atoms with E-state index in [4.69, 9.17) is 0 Å². The lowest BCUT2D eigenvalue weighted by atomic mass is 10.1. The number of hydrogen-bond donors (Lipinski definition) is 0. The average Bonchev–Trinajstić information content (AvgIpc) is 2.28. The van der Waals surface area contributed by atoms with Crippen LogP contribution in [-0.4, -0.2) is 12.0 Å². The van der Waals surface area contributed by atoms with Crippen LogP contribution in [0.25, 0.3) is 4.48 Å². The predicted octanol–water partition coefficient (Wildman–Crippen LogP) is 4.42. The number of alkyl halides is 3. The summed E-state index contributed by atoms with van der Waals surface area (Å²) in [6, 6.07) is 7.40. The van der Waals surface area contributed by atoms with Crippen LogP contribution in [0.3, 0.4) is 0 Å². The molecule has 0 N–H and O–H groups in total. The van der Waals surface area contributed by atoms with Crippen molar-refractivity contribution < 1.29 is 18.0 Å². The third kappa shape index (κ3) is 4.14. The molecule has 0 aliphatic rings. The molecule has 0 saturated carbocycles. The summed E-state index contributed by atoms with van der Waals surface area (Å²) in [6.45, 7) is 1.88. The molecule has 0 saturated heterocycles. The minimum atomic E-state index is -4.82. The molecule has 0 unspecified atom stereocenters. The highest BCUT2D eigenvalue weighted by molar-refractivity contribution is 9.15. The first kappa shape index (κ1) is 14.7. The number of hydrogen-bond acceptors (Lipinski definition) is 1. The van der Waals surface area contributed by atoms with Gasteiger partial charge in [-0.15, -0.1) is 0 Å². The quantitative estimate of drug-likeness (QED) is 0.595. The van der Waals surface area contributed by atoms with Crippen molar-refractivity contribution in [3.63, 3.8) is 0 Å². The van der Waals surface area contributed by atoms with Gasteiger partial charge in [0.2, 0.25) is 0 Å².